The number of amides is 2. The number of fused-ring (bicyclic) bond motifs is 1. The molecular formula is C29H28ClN7O2S. The number of rotatable bonds is 9. The van der Waals surface area contributed by atoms with Crippen molar-refractivity contribution in [3.8, 4) is 11.3 Å². The van der Waals surface area contributed by atoms with Crippen LogP contribution in [-0.4, -0.2) is 56.8 Å². The molecule has 0 spiro atoms. The van der Waals surface area contributed by atoms with Gasteiger partial charge in [0.05, 0.1) is 17.8 Å². The monoisotopic (exact) mass is 573 g/mol. The van der Waals surface area contributed by atoms with Gasteiger partial charge in [0.25, 0.3) is 0 Å². The van der Waals surface area contributed by atoms with Gasteiger partial charge >= 0.3 is 0 Å². The highest BCUT2D eigenvalue weighted by Crippen LogP contribution is 2.25. The molecule has 1 unspecified atom stereocenters. The van der Waals surface area contributed by atoms with Crippen molar-refractivity contribution >= 4 is 57.2 Å². The summed E-state index contributed by atoms with van der Waals surface area (Å²) < 4.78 is 1.55. The molecule has 0 saturated heterocycles. The molecule has 2 amide bonds. The van der Waals surface area contributed by atoms with Crippen LogP contribution in [0.25, 0.3) is 22.3 Å². The van der Waals surface area contributed by atoms with Gasteiger partial charge in [0.2, 0.25) is 11.8 Å². The SMILES string of the molecule is CC(C(=O)Nc1ccc(N(C)C)cc1)N(Cc1nc(-c2ccc(Cl)cc2)cs1)C(=O)Cn1nnc2ccccc21. The number of aromatic nitrogens is 4. The molecule has 0 aliphatic rings. The number of halogens is 1. The minimum absolute atomic E-state index is 0.0644. The van der Waals surface area contributed by atoms with Gasteiger partial charge in [-0.2, -0.15) is 0 Å². The summed E-state index contributed by atoms with van der Waals surface area (Å²) in [6.45, 7) is 1.82. The van der Waals surface area contributed by atoms with Gasteiger partial charge in [-0.05, 0) is 55.5 Å². The van der Waals surface area contributed by atoms with Gasteiger partial charge in [0, 0.05) is 41.4 Å². The largest absolute Gasteiger partial charge is 0.378 e. The van der Waals surface area contributed by atoms with Crippen LogP contribution in [0.4, 0.5) is 11.4 Å². The Morgan fingerprint density at radius 1 is 1.02 bits per heavy atom. The lowest BCUT2D eigenvalue weighted by molar-refractivity contribution is -0.139. The molecule has 5 rings (SSSR count). The molecule has 11 heteroatoms. The van der Waals surface area contributed by atoms with E-state index in [4.69, 9.17) is 16.6 Å². The first-order valence-electron chi connectivity index (χ1n) is 12.6. The van der Waals surface area contributed by atoms with Crippen LogP contribution in [0.5, 0.6) is 0 Å². The third kappa shape index (κ3) is 6.13. The number of hydrogen-bond donors (Lipinski definition) is 1. The van der Waals surface area contributed by atoms with Crippen molar-refractivity contribution in [3.05, 3.63) is 88.2 Å². The Kier molecular flexibility index (Phi) is 8.09. The van der Waals surface area contributed by atoms with E-state index in [1.807, 2.05) is 97.2 Å². The van der Waals surface area contributed by atoms with E-state index in [0.717, 1.165) is 22.5 Å². The van der Waals surface area contributed by atoms with Crippen LogP contribution in [0, 0.1) is 0 Å². The average Bonchev–Trinajstić information content (AvgIpc) is 3.59. The molecule has 5 aromatic rings. The van der Waals surface area contributed by atoms with Crippen LogP contribution < -0.4 is 10.2 Å². The fraction of sp³-hybridized carbons (Fsp3) is 0.207. The highest BCUT2D eigenvalue weighted by atomic mass is 35.5. The Morgan fingerprint density at radius 2 is 1.75 bits per heavy atom. The number of carbonyl (C=O) groups excluding carboxylic acids is 2. The number of anilines is 2. The van der Waals surface area contributed by atoms with E-state index in [9.17, 15) is 9.59 Å². The Labute approximate surface area is 241 Å². The summed E-state index contributed by atoms with van der Waals surface area (Å²) in [5, 5.41) is 14.5. The summed E-state index contributed by atoms with van der Waals surface area (Å²) in [6, 6.07) is 21.6. The lowest BCUT2D eigenvalue weighted by Crippen LogP contribution is -2.46. The second-order valence-electron chi connectivity index (χ2n) is 9.50. The van der Waals surface area contributed by atoms with Crippen molar-refractivity contribution in [1.82, 2.24) is 24.9 Å². The quantitative estimate of drug-likeness (QED) is 0.256. The number of benzene rings is 3. The summed E-state index contributed by atoms with van der Waals surface area (Å²) in [4.78, 5) is 35.3. The van der Waals surface area contributed by atoms with E-state index < -0.39 is 6.04 Å². The average molecular weight is 574 g/mol. The minimum atomic E-state index is -0.779. The van der Waals surface area contributed by atoms with E-state index in [1.54, 1.807) is 11.6 Å². The van der Waals surface area contributed by atoms with Crippen LogP contribution in [0.15, 0.2) is 78.2 Å². The molecular weight excluding hydrogens is 546 g/mol. The van der Waals surface area contributed by atoms with Gasteiger partial charge in [-0.1, -0.05) is 41.1 Å². The van der Waals surface area contributed by atoms with Crippen molar-refractivity contribution in [2.24, 2.45) is 0 Å². The molecule has 9 nitrogen and oxygen atoms in total. The van der Waals surface area contributed by atoms with Gasteiger partial charge in [0.1, 0.15) is 23.1 Å². The van der Waals surface area contributed by atoms with Crippen LogP contribution >= 0.6 is 22.9 Å². The molecule has 0 fully saturated rings. The zero-order chi connectivity index (χ0) is 28.2. The molecule has 1 N–H and O–H groups in total. The molecule has 1 atom stereocenters. The summed E-state index contributed by atoms with van der Waals surface area (Å²) in [5.74, 6) is -0.576. The number of hydrogen-bond acceptors (Lipinski definition) is 7. The fourth-order valence-electron chi connectivity index (χ4n) is 4.21. The van der Waals surface area contributed by atoms with Crippen molar-refractivity contribution in [2.75, 3.05) is 24.3 Å². The highest BCUT2D eigenvalue weighted by Gasteiger charge is 2.28. The minimum Gasteiger partial charge on any atom is -0.378 e. The summed E-state index contributed by atoms with van der Waals surface area (Å²) in [6.07, 6.45) is 0. The van der Waals surface area contributed by atoms with E-state index in [2.05, 4.69) is 15.6 Å². The van der Waals surface area contributed by atoms with Gasteiger partial charge in [0.15, 0.2) is 0 Å². The number of carbonyl (C=O) groups is 2. The van der Waals surface area contributed by atoms with Gasteiger partial charge in [-0.3, -0.25) is 9.59 Å². The topological polar surface area (TPSA) is 96.2 Å². The molecule has 0 radical (unpaired) electrons. The maximum Gasteiger partial charge on any atom is 0.246 e. The Morgan fingerprint density at radius 3 is 2.48 bits per heavy atom. The zero-order valence-electron chi connectivity index (χ0n) is 22.3. The van der Waals surface area contributed by atoms with Gasteiger partial charge in [-0.15, -0.1) is 16.4 Å². The van der Waals surface area contributed by atoms with E-state index >= 15 is 0 Å². The number of nitrogens with one attached hydrogen (secondary N) is 1. The molecule has 2 heterocycles. The molecule has 0 aliphatic carbocycles. The highest BCUT2D eigenvalue weighted by molar-refractivity contribution is 7.09. The Bertz CT molecular complexity index is 1630. The number of thiazole rings is 1. The second-order valence-corrected chi connectivity index (χ2v) is 10.9. The maximum absolute atomic E-state index is 13.7. The normalized spacial score (nSPS) is 11.8. The predicted octanol–water partition coefficient (Wildman–Crippen LogP) is 5.33. The van der Waals surface area contributed by atoms with Crippen molar-refractivity contribution in [2.45, 2.75) is 26.1 Å². The van der Waals surface area contributed by atoms with Gasteiger partial charge < -0.3 is 15.1 Å². The molecule has 2 aromatic heterocycles. The van der Waals surface area contributed by atoms with Crippen LogP contribution in [0.3, 0.4) is 0 Å². The van der Waals surface area contributed by atoms with Gasteiger partial charge in [-0.25, -0.2) is 9.67 Å². The molecule has 0 bridgehead atoms. The molecule has 0 saturated carbocycles. The second kappa shape index (κ2) is 11.8. The predicted molar refractivity (Wildman–Crippen MR) is 159 cm³/mol. The molecule has 0 aliphatic heterocycles. The van der Waals surface area contributed by atoms with Crippen molar-refractivity contribution in [1.29, 1.82) is 0 Å². The van der Waals surface area contributed by atoms with Crippen molar-refractivity contribution in [3.63, 3.8) is 0 Å². The first-order valence-corrected chi connectivity index (χ1v) is 13.9. The third-order valence-electron chi connectivity index (χ3n) is 6.52. The first kappa shape index (κ1) is 27.3. The lowest BCUT2D eigenvalue weighted by atomic mass is 10.2. The van der Waals surface area contributed by atoms with Crippen molar-refractivity contribution < 1.29 is 9.59 Å². The third-order valence-corrected chi connectivity index (χ3v) is 7.61. The fourth-order valence-corrected chi connectivity index (χ4v) is 5.13. The smallest absolute Gasteiger partial charge is 0.246 e. The first-order chi connectivity index (χ1) is 19.3. The number of nitrogens with zero attached hydrogens (tertiary/aromatic N) is 6. The van der Waals surface area contributed by atoms with Crippen LogP contribution in [0.2, 0.25) is 5.02 Å². The molecule has 3 aromatic carbocycles. The summed E-state index contributed by atoms with van der Waals surface area (Å²) in [5.41, 5.74) is 4.81. The van der Waals surface area contributed by atoms with E-state index in [-0.39, 0.29) is 24.9 Å². The van der Waals surface area contributed by atoms with E-state index in [1.165, 1.54) is 16.2 Å². The Balaban J connectivity index is 1.38. The summed E-state index contributed by atoms with van der Waals surface area (Å²) >= 11 is 7.47. The molecule has 40 heavy (non-hydrogen) atoms. The maximum atomic E-state index is 13.7. The van der Waals surface area contributed by atoms with Crippen LogP contribution in [-0.2, 0) is 22.7 Å². The standard InChI is InChI=1S/C29H28ClN7O2S/c1-19(29(39)31-22-12-14-23(15-13-22)35(2)3)36(28(38)17-37-26-7-5-4-6-24(26)33-34-37)16-27-32-25(18-40-27)20-8-10-21(30)11-9-20/h4-15,18-19H,16-17H2,1-3H3,(H,31,39). The zero-order valence-corrected chi connectivity index (χ0v) is 23.9. The molecule has 204 valence electrons. The number of para-hydroxylation sites is 1. The lowest BCUT2D eigenvalue weighted by Gasteiger charge is -2.28. The van der Waals surface area contributed by atoms with E-state index in [0.29, 0.717) is 21.2 Å². The Hall–Kier alpha value is -4.28. The summed E-state index contributed by atoms with van der Waals surface area (Å²) in [7, 11) is 3.91. The van der Waals surface area contributed by atoms with Crippen LogP contribution in [0.1, 0.15) is 11.9 Å².